The second-order valence-electron chi connectivity index (χ2n) is 9.50. The summed E-state index contributed by atoms with van der Waals surface area (Å²) in [6.45, 7) is 3.86. The topological polar surface area (TPSA) is 79.0 Å². The molecule has 7 nitrogen and oxygen atoms in total. The molecule has 3 heterocycles. The normalized spacial score (nSPS) is 21.1. The third-order valence-corrected chi connectivity index (χ3v) is 7.27. The van der Waals surface area contributed by atoms with Crippen LogP contribution in [0.2, 0.25) is 0 Å². The van der Waals surface area contributed by atoms with Crippen molar-refractivity contribution in [2.45, 2.75) is 51.3 Å². The van der Waals surface area contributed by atoms with Crippen LogP contribution in [0.4, 0.5) is 5.69 Å². The maximum absolute atomic E-state index is 12.9. The monoisotopic (exact) mass is 461 g/mol. The summed E-state index contributed by atoms with van der Waals surface area (Å²) in [4.78, 5) is 40.6. The second kappa shape index (κ2) is 9.97. The molecular weight excluding hydrogens is 430 g/mol. The van der Waals surface area contributed by atoms with E-state index in [1.54, 1.807) is 4.90 Å². The largest absolute Gasteiger partial charge is 0.377 e. The Morgan fingerprint density at radius 1 is 0.971 bits per heavy atom. The van der Waals surface area contributed by atoms with Crippen LogP contribution < -0.4 is 10.2 Å². The van der Waals surface area contributed by atoms with Gasteiger partial charge in [0, 0.05) is 43.9 Å². The molecule has 0 bridgehead atoms. The van der Waals surface area contributed by atoms with Crippen molar-refractivity contribution in [2.24, 2.45) is 5.92 Å². The Bertz CT molecular complexity index is 1060. The molecule has 1 N–H and O–H groups in total. The highest BCUT2D eigenvalue weighted by Gasteiger charge is 2.39. The molecule has 178 valence electrons. The average Bonchev–Trinajstić information content (AvgIpc) is 3.18. The summed E-state index contributed by atoms with van der Waals surface area (Å²) in [7, 11) is 0. The van der Waals surface area contributed by atoms with E-state index in [0.29, 0.717) is 31.1 Å². The van der Waals surface area contributed by atoms with Gasteiger partial charge in [-0.1, -0.05) is 30.3 Å². The summed E-state index contributed by atoms with van der Waals surface area (Å²) in [6, 6.07) is 15.7. The molecule has 0 radical (unpaired) electrons. The van der Waals surface area contributed by atoms with Gasteiger partial charge in [-0.15, -0.1) is 0 Å². The number of nitrogens with zero attached hydrogens (tertiary/aromatic N) is 2. The number of imide groups is 1. The van der Waals surface area contributed by atoms with Gasteiger partial charge < -0.3 is 14.5 Å². The summed E-state index contributed by atoms with van der Waals surface area (Å²) in [5.74, 6) is -0.0809. The first-order valence-electron chi connectivity index (χ1n) is 12.2. The lowest BCUT2D eigenvalue weighted by atomic mass is 9.93. The highest BCUT2D eigenvalue weighted by atomic mass is 16.5. The van der Waals surface area contributed by atoms with E-state index < -0.39 is 6.04 Å². The average molecular weight is 462 g/mol. The van der Waals surface area contributed by atoms with E-state index in [1.807, 2.05) is 30.3 Å². The summed E-state index contributed by atoms with van der Waals surface area (Å²) in [5.41, 5.74) is 3.97. The number of carbonyl (C=O) groups is 3. The van der Waals surface area contributed by atoms with Crippen molar-refractivity contribution in [3.8, 4) is 0 Å². The number of hydrogen-bond donors (Lipinski definition) is 1. The minimum absolute atomic E-state index is 0.120. The molecular formula is C27H31N3O4. The number of nitrogens with one attached hydrogen (secondary N) is 1. The number of ether oxygens (including phenoxy) is 1. The van der Waals surface area contributed by atoms with Crippen LogP contribution in [0, 0.1) is 5.92 Å². The fourth-order valence-corrected chi connectivity index (χ4v) is 5.25. The van der Waals surface area contributed by atoms with E-state index in [2.05, 4.69) is 28.4 Å². The molecule has 2 aromatic carbocycles. The third-order valence-electron chi connectivity index (χ3n) is 7.27. The lowest BCUT2D eigenvalue weighted by molar-refractivity contribution is -0.136. The fourth-order valence-electron chi connectivity index (χ4n) is 5.25. The quantitative estimate of drug-likeness (QED) is 0.506. The van der Waals surface area contributed by atoms with E-state index in [-0.39, 0.29) is 24.1 Å². The molecule has 3 amide bonds. The van der Waals surface area contributed by atoms with Crippen molar-refractivity contribution in [1.29, 1.82) is 0 Å². The van der Waals surface area contributed by atoms with Crippen molar-refractivity contribution < 1.29 is 19.1 Å². The van der Waals surface area contributed by atoms with Gasteiger partial charge in [-0.2, -0.15) is 0 Å². The molecule has 34 heavy (non-hydrogen) atoms. The molecule has 0 saturated carbocycles. The number of rotatable bonds is 7. The number of piperidine rings is 2. The number of amides is 3. The van der Waals surface area contributed by atoms with Crippen LogP contribution in [0.5, 0.6) is 0 Å². The van der Waals surface area contributed by atoms with Gasteiger partial charge in [0.2, 0.25) is 11.8 Å². The zero-order valence-electron chi connectivity index (χ0n) is 19.4. The first-order chi connectivity index (χ1) is 16.6. The van der Waals surface area contributed by atoms with Gasteiger partial charge in [0.25, 0.3) is 5.91 Å². The van der Waals surface area contributed by atoms with Crippen LogP contribution >= 0.6 is 0 Å². The van der Waals surface area contributed by atoms with Gasteiger partial charge in [0.05, 0.1) is 6.61 Å². The number of anilines is 1. The van der Waals surface area contributed by atoms with Crippen LogP contribution in [0.25, 0.3) is 0 Å². The minimum Gasteiger partial charge on any atom is -0.377 e. The van der Waals surface area contributed by atoms with E-state index in [4.69, 9.17) is 4.74 Å². The highest BCUT2D eigenvalue weighted by Crippen LogP contribution is 2.32. The van der Waals surface area contributed by atoms with E-state index in [1.165, 1.54) is 5.56 Å². The maximum Gasteiger partial charge on any atom is 0.255 e. The lowest BCUT2D eigenvalue weighted by Crippen LogP contribution is -2.52. The van der Waals surface area contributed by atoms with E-state index in [9.17, 15) is 14.4 Å². The Labute approximate surface area is 200 Å². The molecule has 3 aliphatic heterocycles. The molecule has 2 fully saturated rings. The smallest absolute Gasteiger partial charge is 0.255 e. The SMILES string of the molecule is O=C1CCC(N2Cc3cc(N4CCC(CCOCc5ccccc5)CC4)ccc3C2=O)C(=O)N1. The molecule has 3 aliphatic rings. The first kappa shape index (κ1) is 22.6. The molecule has 2 saturated heterocycles. The zero-order valence-corrected chi connectivity index (χ0v) is 19.4. The first-order valence-corrected chi connectivity index (χ1v) is 12.2. The van der Waals surface area contributed by atoms with Crippen molar-refractivity contribution >= 4 is 23.4 Å². The fraction of sp³-hybridized carbons (Fsp3) is 0.444. The van der Waals surface area contributed by atoms with Gasteiger partial charge >= 0.3 is 0 Å². The Hall–Kier alpha value is -3.19. The molecule has 1 atom stereocenters. The third kappa shape index (κ3) is 4.85. The number of carbonyl (C=O) groups excluding carboxylic acids is 3. The van der Waals surface area contributed by atoms with Gasteiger partial charge in [0.15, 0.2) is 0 Å². The Balaban J connectivity index is 1.12. The standard InChI is InChI=1S/C27H31N3O4/c31-25-9-8-24(26(32)28-25)30-17-21-16-22(6-7-23(21)27(30)33)29-13-10-19(11-14-29)12-15-34-18-20-4-2-1-3-5-20/h1-7,16,19,24H,8-15,17-18H2,(H,28,31,32). The van der Waals surface area contributed by atoms with Gasteiger partial charge in [-0.3, -0.25) is 19.7 Å². The van der Waals surface area contributed by atoms with E-state index >= 15 is 0 Å². The van der Waals surface area contributed by atoms with Gasteiger partial charge in [0.1, 0.15) is 6.04 Å². The number of benzene rings is 2. The Morgan fingerprint density at radius 3 is 2.53 bits per heavy atom. The zero-order chi connectivity index (χ0) is 23.5. The molecule has 1 unspecified atom stereocenters. The Kier molecular flexibility index (Phi) is 6.63. The summed E-state index contributed by atoms with van der Waals surface area (Å²) >= 11 is 0. The predicted molar refractivity (Wildman–Crippen MR) is 128 cm³/mol. The predicted octanol–water partition coefficient (Wildman–Crippen LogP) is 3.27. The summed E-state index contributed by atoms with van der Waals surface area (Å²) in [6.07, 6.45) is 4.01. The summed E-state index contributed by atoms with van der Waals surface area (Å²) in [5, 5.41) is 2.36. The maximum atomic E-state index is 12.9. The highest BCUT2D eigenvalue weighted by molar-refractivity contribution is 6.05. The molecule has 0 aliphatic carbocycles. The van der Waals surface area contributed by atoms with Crippen LogP contribution in [-0.2, 0) is 27.5 Å². The van der Waals surface area contributed by atoms with Crippen LogP contribution in [0.1, 0.15) is 53.6 Å². The van der Waals surface area contributed by atoms with Crippen LogP contribution in [0.3, 0.4) is 0 Å². The molecule has 2 aromatic rings. The molecule has 5 rings (SSSR count). The number of fused-ring (bicyclic) bond motifs is 1. The van der Waals surface area contributed by atoms with Gasteiger partial charge in [-0.25, -0.2) is 0 Å². The van der Waals surface area contributed by atoms with Crippen molar-refractivity contribution in [3.63, 3.8) is 0 Å². The van der Waals surface area contributed by atoms with Crippen molar-refractivity contribution in [1.82, 2.24) is 10.2 Å². The minimum atomic E-state index is -0.569. The molecule has 7 heteroatoms. The summed E-state index contributed by atoms with van der Waals surface area (Å²) < 4.78 is 5.87. The van der Waals surface area contributed by atoms with Crippen molar-refractivity contribution in [3.05, 3.63) is 65.2 Å². The Morgan fingerprint density at radius 2 is 1.76 bits per heavy atom. The van der Waals surface area contributed by atoms with Gasteiger partial charge in [-0.05, 0) is 60.9 Å². The van der Waals surface area contributed by atoms with E-state index in [0.717, 1.165) is 50.2 Å². The number of hydrogen-bond acceptors (Lipinski definition) is 5. The van der Waals surface area contributed by atoms with Crippen LogP contribution in [0.15, 0.2) is 48.5 Å². The second-order valence-corrected chi connectivity index (χ2v) is 9.50. The van der Waals surface area contributed by atoms with Crippen molar-refractivity contribution in [2.75, 3.05) is 24.6 Å². The lowest BCUT2D eigenvalue weighted by Gasteiger charge is -2.34. The molecule has 0 aromatic heterocycles. The molecule has 0 spiro atoms. The van der Waals surface area contributed by atoms with Crippen LogP contribution in [-0.4, -0.2) is 48.4 Å².